The van der Waals surface area contributed by atoms with Crippen molar-refractivity contribution in [2.75, 3.05) is 11.0 Å². The molecule has 1 aromatic rings. The molecule has 0 radical (unpaired) electrons. The quantitative estimate of drug-likeness (QED) is 0.844. The molecule has 0 bridgehead atoms. The molecule has 0 aromatic carbocycles. The molecule has 4 nitrogen and oxygen atoms in total. The van der Waals surface area contributed by atoms with Gasteiger partial charge in [0.2, 0.25) is 10.0 Å². The molecule has 7 heteroatoms. The van der Waals surface area contributed by atoms with Crippen molar-refractivity contribution in [1.29, 1.82) is 0 Å². The Kier molecular flexibility index (Phi) is 3.15. The van der Waals surface area contributed by atoms with Crippen LogP contribution in [0.25, 0.3) is 0 Å². The SMILES string of the molecule is CS(=O)(=O)Nc1cc(Br)cnc1Cl. The predicted molar refractivity (Wildman–Crippen MR) is 55.4 cm³/mol. The topological polar surface area (TPSA) is 59.1 Å². The lowest BCUT2D eigenvalue weighted by molar-refractivity contribution is 0.607. The summed E-state index contributed by atoms with van der Waals surface area (Å²) >= 11 is 8.79. The van der Waals surface area contributed by atoms with Crippen LogP contribution in [-0.2, 0) is 10.0 Å². The summed E-state index contributed by atoms with van der Waals surface area (Å²) < 4.78 is 24.6. The lowest BCUT2D eigenvalue weighted by Gasteiger charge is -2.04. The van der Waals surface area contributed by atoms with E-state index in [-0.39, 0.29) is 10.8 Å². The standard InChI is InChI=1S/C6H6BrClN2O2S/c1-13(11,12)10-5-2-4(7)3-9-6(5)8/h2-3,10H,1H3. The monoisotopic (exact) mass is 284 g/mol. The first-order chi connectivity index (χ1) is 5.88. The molecule has 0 spiro atoms. The molecular weight excluding hydrogens is 280 g/mol. The normalized spacial score (nSPS) is 11.3. The third-order valence-electron chi connectivity index (χ3n) is 1.10. The molecule has 0 amide bonds. The maximum Gasteiger partial charge on any atom is 0.229 e. The van der Waals surface area contributed by atoms with Crippen molar-refractivity contribution in [1.82, 2.24) is 4.98 Å². The molecule has 0 atom stereocenters. The Hall–Kier alpha value is -0.330. The Morgan fingerprint density at radius 2 is 2.23 bits per heavy atom. The van der Waals surface area contributed by atoms with Gasteiger partial charge in [-0.2, -0.15) is 0 Å². The zero-order chi connectivity index (χ0) is 10.1. The molecule has 0 fully saturated rings. The molecule has 1 N–H and O–H groups in total. The first-order valence-corrected chi connectivity index (χ1v) is 6.23. The van der Waals surface area contributed by atoms with Gasteiger partial charge in [-0.15, -0.1) is 0 Å². The first kappa shape index (κ1) is 10.7. The highest BCUT2D eigenvalue weighted by molar-refractivity contribution is 9.10. The minimum atomic E-state index is -3.31. The molecule has 1 heterocycles. The average Bonchev–Trinajstić information content (AvgIpc) is 1.94. The van der Waals surface area contributed by atoms with Gasteiger partial charge >= 0.3 is 0 Å². The van der Waals surface area contributed by atoms with E-state index >= 15 is 0 Å². The van der Waals surface area contributed by atoms with E-state index in [1.165, 1.54) is 12.3 Å². The van der Waals surface area contributed by atoms with Gasteiger partial charge in [0.25, 0.3) is 0 Å². The maximum absolute atomic E-state index is 10.9. The van der Waals surface area contributed by atoms with Crippen LogP contribution in [0.1, 0.15) is 0 Å². The van der Waals surface area contributed by atoms with Crippen molar-refractivity contribution in [2.24, 2.45) is 0 Å². The second-order valence-electron chi connectivity index (χ2n) is 2.37. The summed E-state index contributed by atoms with van der Waals surface area (Å²) in [6.45, 7) is 0. The van der Waals surface area contributed by atoms with Gasteiger partial charge in [0, 0.05) is 10.7 Å². The molecule has 0 saturated heterocycles. The minimum Gasteiger partial charge on any atom is -0.281 e. The van der Waals surface area contributed by atoms with Crippen molar-refractivity contribution in [2.45, 2.75) is 0 Å². The van der Waals surface area contributed by atoms with Crippen LogP contribution in [0, 0.1) is 0 Å². The van der Waals surface area contributed by atoms with Crippen LogP contribution in [0.5, 0.6) is 0 Å². The second kappa shape index (κ2) is 3.81. The number of pyridine rings is 1. The third kappa shape index (κ3) is 3.50. The Bertz CT molecular complexity index is 421. The molecule has 1 aromatic heterocycles. The maximum atomic E-state index is 10.9. The fraction of sp³-hybridized carbons (Fsp3) is 0.167. The lowest BCUT2D eigenvalue weighted by Crippen LogP contribution is -2.10. The van der Waals surface area contributed by atoms with Gasteiger partial charge in [0.05, 0.1) is 11.9 Å². The van der Waals surface area contributed by atoms with Crippen LogP contribution < -0.4 is 4.72 Å². The predicted octanol–water partition coefficient (Wildman–Crippen LogP) is 1.87. The highest BCUT2D eigenvalue weighted by atomic mass is 79.9. The largest absolute Gasteiger partial charge is 0.281 e. The fourth-order valence-electron chi connectivity index (χ4n) is 0.694. The smallest absolute Gasteiger partial charge is 0.229 e. The lowest BCUT2D eigenvalue weighted by atomic mass is 10.4. The first-order valence-electron chi connectivity index (χ1n) is 3.17. The Morgan fingerprint density at radius 3 is 2.77 bits per heavy atom. The van der Waals surface area contributed by atoms with E-state index in [2.05, 4.69) is 25.6 Å². The number of aromatic nitrogens is 1. The molecule has 0 aliphatic heterocycles. The van der Waals surface area contributed by atoms with Crippen LogP contribution >= 0.6 is 27.5 Å². The van der Waals surface area contributed by atoms with Crippen molar-refractivity contribution in [3.63, 3.8) is 0 Å². The van der Waals surface area contributed by atoms with E-state index in [0.29, 0.717) is 4.47 Å². The number of hydrogen-bond acceptors (Lipinski definition) is 3. The summed E-state index contributed by atoms with van der Waals surface area (Å²) in [4.78, 5) is 3.75. The number of rotatable bonds is 2. The summed E-state index contributed by atoms with van der Waals surface area (Å²) in [6.07, 6.45) is 2.53. The highest BCUT2D eigenvalue weighted by Gasteiger charge is 2.07. The summed E-state index contributed by atoms with van der Waals surface area (Å²) in [5.74, 6) is 0. The number of nitrogens with zero attached hydrogens (tertiary/aromatic N) is 1. The van der Waals surface area contributed by atoms with Crippen LogP contribution in [0.15, 0.2) is 16.7 Å². The van der Waals surface area contributed by atoms with Gasteiger partial charge in [-0.1, -0.05) is 11.6 Å². The number of nitrogens with one attached hydrogen (secondary N) is 1. The van der Waals surface area contributed by atoms with E-state index in [0.717, 1.165) is 6.26 Å². The molecular formula is C6H6BrClN2O2S. The van der Waals surface area contributed by atoms with Crippen molar-refractivity contribution < 1.29 is 8.42 Å². The second-order valence-corrected chi connectivity index (χ2v) is 5.39. The Balaban J connectivity index is 3.08. The van der Waals surface area contributed by atoms with Gasteiger partial charge < -0.3 is 0 Å². The van der Waals surface area contributed by atoms with E-state index in [1.54, 1.807) is 0 Å². The van der Waals surface area contributed by atoms with Crippen molar-refractivity contribution in [3.05, 3.63) is 21.9 Å². The fourth-order valence-corrected chi connectivity index (χ4v) is 1.79. The van der Waals surface area contributed by atoms with Crippen molar-refractivity contribution in [3.8, 4) is 0 Å². The average molecular weight is 286 g/mol. The van der Waals surface area contributed by atoms with E-state index < -0.39 is 10.0 Å². The van der Waals surface area contributed by atoms with E-state index in [1.807, 2.05) is 0 Å². The number of halogens is 2. The third-order valence-corrected chi connectivity index (χ3v) is 2.43. The van der Waals surface area contributed by atoms with Crippen LogP contribution in [0.3, 0.4) is 0 Å². The molecule has 72 valence electrons. The zero-order valence-corrected chi connectivity index (χ0v) is 9.74. The van der Waals surface area contributed by atoms with Crippen LogP contribution in [0.2, 0.25) is 5.15 Å². The van der Waals surface area contributed by atoms with Gasteiger partial charge in [-0.25, -0.2) is 13.4 Å². The Morgan fingerprint density at radius 1 is 1.62 bits per heavy atom. The highest BCUT2D eigenvalue weighted by Crippen LogP contribution is 2.23. The van der Waals surface area contributed by atoms with Gasteiger partial charge in [0.1, 0.15) is 0 Å². The van der Waals surface area contributed by atoms with Crippen LogP contribution in [-0.4, -0.2) is 19.7 Å². The van der Waals surface area contributed by atoms with Gasteiger partial charge in [-0.05, 0) is 22.0 Å². The van der Waals surface area contributed by atoms with E-state index in [4.69, 9.17) is 11.6 Å². The zero-order valence-electron chi connectivity index (χ0n) is 6.58. The number of hydrogen-bond donors (Lipinski definition) is 1. The van der Waals surface area contributed by atoms with Crippen LogP contribution in [0.4, 0.5) is 5.69 Å². The summed E-state index contributed by atoms with van der Waals surface area (Å²) in [5.41, 5.74) is 0.263. The minimum absolute atomic E-state index is 0.119. The molecule has 13 heavy (non-hydrogen) atoms. The molecule has 0 aliphatic carbocycles. The summed E-state index contributed by atoms with van der Waals surface area (Å²) in [5, 5.41) is 0.119. The van der Waals surface area contributed by atoms with Gasteiger partial charge in [0.15, 0.2) is 5.15 Å². The van der Waals surface area contributed by atoms with Crippen molar-refractivity contribution >= 4 is 43.2 Å². The number of sulfonamides is 1. The number of anilines is 1. The molecule has 0 aliphatic rings. The molecule has 1 rings (SSSR count). The van der Waals surface area contributed by atoms with Gasteiger partial charge in [-0.3, -0.25) is 4.72 Å². The molecule has 0 unspecified atom stereocenters. The summed E-state index contributed by atoms with van der Waals surface area (Å²) in [7, 11) is -3.31. The van der Waals surface area contributed by atoms with E-state index in [9.17, 15) is 8.42 Å². The molecule has 0 saturated carbocycles. The Labute approximate surface area is 89.5 Å². The summed E-state index contributed by atoms with van der Waals surface area (Å²) in [6, 6.07) is 1.54.